The number of carboxylic acid groups (broad SMARTS) is 1. The largest absolute Gasteiger partial charge is 0.478 e. The average molecular weight is 278 g/mol. The number of carbonyl (C=O) groups excluding carboxylic acids is 1. The second-order valence-electron chi connectivity index (χ2n) is 6.00. The highest BCUT2D eigenvalue weighted by atomic mass is 16.6. The molecule has 0 aromatic heterocycles. The van der Waals surface area contributed by atoms with E-state index >= 15 is 0 Å². The number of aromatic carboxylic acids is 1. The highest BCUT2D eigenvalue weighted by Crippen LogP contribution is 2.18. The monoisotopic (exact) mass is 278 g/mol. The molecular weight excluding hydrogens is 256 g/mol. The second kappa shape index (κ2) is 6.07. The molecule has 1 aromatic carbocycles. The van der Waals surface area contributed by atoms with Gasteiger partial charge in [-0.15, -0.1) is 0 Å². The smallest absolute Gasteiger partial charge is 0.336 e. The number of rotatable bonds is 4. The fraction of sp³-hybridized carbons (Fsp3) is 0.500. The van der Waals surface area contributed by atoms with E-state index < -0.39 is 11.6 Å². The van der Waals surface area contributed by atoms with Gasteiger partial charge in [0, 0.05) is 6.42 Å². The molecule has 0 unspecified atom stereocenters. The van der Waals surface area contributed by atoms with Gasteiger partial charge >= 0.3 is 11.9 Å². The number of hydrogen-bond donors (Lipinski definition) is 1. The summed E-state index contributed by atoms with van der Waals surface area (Å²) in [6, 6.07) is 3.64. The van der Waals surface area contributed by atoms with Gasteiger partial charge in [-0.3, -0.25) is 4.79 Å². The molecule has 0 bridgehead atoms. The lowest BCUT2D eigenvalue weighted by Gasteiger charge is -2.19. The summed E-state index contributed by atoms with van der Waals surface area (Å²) in [4.78, 5) is 22.8. The quantitative estimate of drug-likeness (QED) is 0.858. The van der Waals surface area contributed by atoms with E-state index in [-0.39, 0.29) is 5.97 Å². The summed E-state index contributed by atoms with van der Waals surface area (Å²) >= 11 is 0. The Morgan fingerprint density at radius 2 is 1.65 bits per heavy atom. The van der Waals surface area contributed by atoms with Crippen molar-refractivity contribution in [3.05, 3.63) is 34.4 Å². The van der Waals surface area contributed by atoms with Crippen molar-refractivity contribution >= 4 is 11.9 Å². The molecule has 1 rings (SSSR count). The Morgan fingerprint density at radius 3 is 2.05 bits per heavy atom. The first kappa shape index (κ1) is 16.2. The minimum Gasteiger partial charge on any atom is -0.478 e. The van der Waals surface area contributed by atoms with Gasteiger partial charge in [-0.2, -0.15) is 0 Å². The molecule has 4 heteroatoms. The Morgan fingerprint density at radius 1 is 1.15 bits per heavy atom. The standard InChI is InChI=1S/C16H22O4/c1-10-8-12(9-11(2)14(10)15(18)19)6-7-13(17)20-16(3,4)5/h8-9H,6-7H2,1-5H3,(H,18,19). The number of benzene rings is 1. The lowest BCUT2D eigenvalue weighted by atomic mass is 9.97. The summed E-state index contributed by atoms with van der Waals surface area (Å²) in [6.07, 6.45) is 0.846. The Labute approximate surface area is 119 Å². The lowest BCUT2D eigenvalue weighted by Crippen LogP contribution is -2.24. The van der Waals surface area contributed by atoms with Crippen molar-refractivity contribution in [3.63, 3.8) is 0 Å². The van der Waals surface area contributed by atoms with Gasteiger partial charge < -0.3 is 9.84 Å². The summed E-state index contributed by atoms with van der Waals surface area (Å²) in [5.74, 6) is -1.16. The molecule has 0 aliphatic rings. The van der Waals surface area contributed by atoms with E-state index in [0.717, 1.165) is 16.7 Å². The molecule has 0 spiro atoms. The topological polar surface area (TPSA) is 63.6 Å². The molecule has 110 valence electrons. The lowest BCUT2D eigenvalue weighted by molar-refractivity contribution is -0.154. The van der Waals surface area contributed by atoms with Crippen LogP contribution in [0.15, 0.2) is 12.1 Å². The third-order valence-corrected chi connectivity index (χ3v) is 2.84. The summed E-state index contributed by atoms with van der Waals surface area (Å²) < 4.78 is 5.25. The molecule has 0 radical (unpaired) electrons. The molecule has 0 amide bonds. The van der Waals surface area contributed by atoms with Crippen LogP contribution in [0.3, 0.4) is 0 Å². The molecule has 0 atom stereocenters. The second-order valence-corrected chi connectivity index (χ2v) is 6.00. The minimum absolute atomic E-state index is 0.241. The van der Waals surface area contributed by atoms with E-state index in [2.05, 4.69) is 0 Å². The molecule has 0 aliphatic heterocycles. The van der Waals surface area contributed by atoms with Crippen molar-refractivity contribution in [2.75, 3.05) is 0 Å². The highest BCUT2D eigenvalue weighted by Gasteiger charge is 2.17. The van der Waals surface area contributed by atoms with E-state index in [0.29, 0.717) is 18.4 Å². The zero-order valence-electron chi connectivity index (χ0n) is 12.7. The van der Waals surface area contributed by atoms with Crippen LogP contribution >= 0.6 is 0 Å². The molecule has 0 aliphatic carbocycles. The van der Waals surface area contributed by atoms with Crippen molar-refractivity contribution < 1.29 is 19.4 Å². The third-order valence-electron chi connectivity index (χ3n) is 2.84. The first-order valence-electron chi connectivity index (χ1n) is 6.65. The van der Waals surface area contributed by atoms with Gasteiger partial charge in [0.2, 0.25) is 0 Å². The third kappa shape index (κ3) is 4.68. The molecule has 1 aromatic rings. The van der Waals surface area contributed by atoms with Gasteiger partial charge in [-0.05, 0) is 57.7 Å². The predicted octanol–water partition coefficient (Wildman–Crippen LogP) is 3.28. The van der Waals surface area contributed by atoms with Gasteiger partial charge in [-0.1, -0.05) is 12.1 Å². The zero-order chi connectivity index (χ0) is 15.5. The summed E-state index contributed by atoms with van der Waals surface area (Å²) in [5, 5.41) is 9.11. The van der Waals surface area contributed by atoms with Crippen LogP contribution in [0.4, 0.5) is 0 Å². The Hall–Kier alpha value is -1.84. The summed E-state index contributed by atoms with van der Waals surface area (Å²) in [5.41, 5.74) is 2.26. The summed E-state index contributed by atoms with van der Waals surface area (Å²) in [7, 11) is 0. The van der Waals surface area contributed by atoms with Crippen LogP contribution in [-0.2, 0) is 16.0 Å². The van der Waals surface area contributed by atoms with E-state index in [1.807, 2.05) is 32.9 Å². The number of hydrogen-bond acceptors (Lipinski definition) is 3. The van der Waals surface area contributed by atoms with Crippen LogP contribution in [0.2, 0.25) is 0 Å². The molecule has 20 heavy (non-hydrogen) atoms. The van der Waals surface area contributed by atoms with E-state index in [4.69, 9.17) is 9.84 Å². The summed E-state index contributed by atoms with van der Waals surface area (Å²) in [6.45, 7) is 9.05. The minimum atomic E-state index is -0.918. The van der Waals surface area contributed by atoms with Gasteiger partial charge in [0.1, 0.15) is 5.60 Å². The predicted molar refractivity (Wildman–Crippen MR) is 77.0 cm³/mol. The van der Waals surface area contributed by atoms with Gasteiger partial charge in [0.25, 0.3) is 0 Å². The van der Waals surface area contributed by atoms with Gasteiger partial charge in [0.15, 0.2) is 0 Å². The molecule has 0 fully saturated rings. The van der Waals surface area contributed by atoms with Crippen LogP contribution in [0.25, 0.3) is 0 Å². The maximum Gasteiger partial charge on any atom is 0.336 e. The van der Waals surface area contributed by atoms with Crippen LogP contribution in [0.1, 0.15) is 54.2 Å². The van der Waals surface area contributed by atoms with Gasteiger partial charge in [-0.25, -0.2) is 4.79 Å². The number of carbonyl (C=O) groups is 2. The van der Waals surface area contributed by atoms with Crippen molar-refractivity contribution in [1.29, 1.82) is 0 Å². The normalized spacial score (nSPS) is 11.2. The Balaban J connectivity index is 2.76. The van der Waals surface area contributed by atoms with Crippen molar-refractivity contribution in [3.8, 4) is 0 Å². The van der Waals surface area contributed by atoms with E-state index in [9.17, 15) is 9.59 Å². The van der Waals surface area contributed by atoms with Crippen LogP contribution in [0.5, 0.6) is 0 Å². The molecular formula is C16H22O4. The number of esters is 1. The first-order chi connectivity index (χ1) is 9.10. The van der Waals surface area contributed by atoms with Crippen molar-refractivity contribution in [2.45, 2.75) is 53.1 Å². The number of ether oxygens (including phenoxy) is 1. The van der Waals surface area contributed by atoms with Gasteiger partial charge in [0.05, 0.1) is 5.56 Å². The van der Waals surface area contributed by atoms with Crippen molar-refractivity contribution in [1.82, 2.24) is 0 Å². The molecule has 0 heterocycles. The average Bonchev–Trinajstić information content (AvgIpc) is 2.22. The van der Waals surface area contributed by atoms with Crippen LogP contribution in [0, 0.1) is 13.8 Å². The van der Waals surface area contributed by atoms with Crippen LogP contribution in [-0.4, -0.2) is 22.6 Å². The fourth-order valence-corrected chi connectivity index (χ4v) is 2.17. The first-order valence-corrected chi connectivity index (χ1v) is 6.65. The Kier molecular flexibility index (Phi) is 4.93. The SMILES string of the molecule is Cc1cc(CCC(=O)OC(C)(C)C)cc(C)c1C(=O)O. The van der Waals surface area contributed by atoms with E-state index in [1.54, 1.807) is 13.8 Å². The molecule has 1 N–H and O–H groups in total. The number of carboxylic acids is 1. The Bertz CT molecular complexity index is 501. The van der Waals surface area contributed by atoms with Crippen molar-refractivity contribution in [2.24, 2.45) is 0 Å². The highest BCUT2D eigenvalue weighted by molar-refractivity contribution is 5.91. The molecule has 0 saturated carbocycles. The maximum absolute atomic E-state index is 11.7. The van der Waals surface area contributed by atoms with Crippen LogP contribution < -0.4 is 0 Å². The molecule has 4 nitrogen and oxygen atoms in total. The maximum atomic E-state index is 11.7. The number of aryl methyl sites for hydroxylation is 3. The van der Waals surface area contributed by atoms with E-state index in [1.165, 1.54) is 0 Å². The zero-order valence-corrected chi connectivity index (χ0v) is 12.7. The molecule has 0 saturated heterocycles. The fourth-order valence-electron chi connectivity index (χ4n) is 2.17.